The van der Waals surface area contributed by atoms with Gasteiger partial charge in [-0.25, -0.2) is 0 Å². The van der Waals surface area contributed by atoms with Crippen molar-refractivity contribution in [1.29, 1.82) is 0 Å². The number of benzene rings is 2. The van der Waals surface area contributed by atoms with Crippen molar-refractivity contribution in [3.05, 3.63) is 70.8 Å². The molecule has 29 heavy (non-hydrogen) atoms. The van der Waals surface area contributed by atoms with Gasteiger partial charge in [0.2, 0.25) is 5.91 Å². The van der Waals surface area contributed by atoms with Gasteiger partial charge in [0.1, 0.15) is 6.54 Å². The average molecular weight is 391 g/mol. The second-order valence-electron chi connectivity index (χ2n) is 7.44. The molecule has 1 aliphatic heterocycles. The molecule has 2 aromatic carbocycles. The van der Waals surface area contributed by atoms with Crippen LogP contribution in [-0.2, 0) is 11.3 Å². The molecule has 0 bridgehead atoms. The summed E-state index contributed by atoms with van der Waals surface area (Å²) in [5, 5.41) is 2.93. The molecule has 0 spiro atoms. The van der Waals surface area contributed by atoms with E-state index in [0.29, 0.717) is 29.3 Å². The Balaban J connectivity index is 1.36. The maximum Gasteiger partial charge on any atom is 0.262 e. The number of hydrogen-bond donors (Lipinski definition) is 1. The maximum absolute atomic E-state index is 12.6. The summed E-state index contributed by atoms with van der Waals surface area (Å²) in [5.41, 5.74) is 2.09. The predicted octanol–water partition coefficient (Wildman–Crippen LogP) is 1.83. The fourth-order valence-electron chi connectivity index (χ4n) is 3.26. The van der Waals surface area contributed by atoms with Crippen LogP contribution < -0.4 is 5.32 Å². The third-order valence-electron chi connectivity index (χ3n) is 5.15. The van der Waals surface area contributed by atoms with E-state index in [-0.39, 0.29) is 18.4 Å². The lowest BCUT2D eigenvalue weighted by atomic mass is 10.1. The van der Waals surface area contributed by atoms with Crippen molar-refractivity contribution < 1.29 is 19.2 Å². The normalized spacial score (nSPS) is 15.3. The molecule has 2 aromatic rings. The summed E-state index contributed by atoms with van der Waals surface area (Å²) in [6.07, 6.45) is 2.06. The predicted molar refractivity (Wildman–Crippen MR) is 105 cm³/mol. The maximum atomic E-state index is 12.6. The van der Waals surface area contributed by atoms with E-state index in [1.807, 2.05) is 0 Å². The Kier molecular flexibility index (Phi) is 4.88. The Labute approximate surface area is 168 Å². The molecule has 0 unspecified atom stereocenters. The highest BCUT2D eigenvalue weighted by Gasteiger charge is 2.36. The molecule has 1 fully saturated rings. The molecule has 0 atom stereocenters. The molecule has 7 heteroatoms. The molecule has 1 heterocycles. The van der Waals surface area contributed by atoms with Gasteiger partial charge < -0.3 is 10.2 Å². The molecule has 4 amide bonds. The van der Waals surface area contributed by atoms with Crippen LogP contribution in [0.1, 0.15) is 49.5 Å². The molecule has 0 aromatic heterocycles. The molecule has 148 valence electrons. The first kappa shape index (κ1) is 18.9. The van der Waals surface area contributed by atoms with Crippen LogP contribution in [-0.4, -0.2) is 53.1 Å². The minimum atomic E-state index is -0.446. The quantitative estimate of drug-likeness (QED) is 0.761. The van der Waals surface area contributed by atoms with Crippen molar-refractivity contribution in [2.45, 2.75) is 25.4 Å². The van der Waals surface area contributed by atoms with Crippen LogP contribution in [0.3, 0.4) is 0 Å². The summed E-state index contributed by atoms with van der Waals surface area (Å²) in [5.74, 6) is -1.32. The van der Waals surface area contributed by atoms with Crippen LogP contribution in [0.25, 0.3) is 0 Å². The third-order valence-corrected chi connectivity index (χ3v) is 5.15. The van der Waals surface area contributed by atoms with E-state index in [0.717, 1.165) is 23.3 Å². The Morgan fingerprint density at radius 3 is 2.14 bits per heavy atom. The third kappa shape index (κ3) is 3.89. The highest BCUT2D eigenvalue weighted by Crippen LogP contribution is 2.22. The molecule has 1 N–H and O–H groups in total. The van der Waals surface area contributed by atoms with Crippen molar-refractivity contribution in [3.8, 4) is 0 Å². The minimum Gasteiger partial charge on any atom is -0.349 e. The SMILES string of the molecule is CN(Cc1ccc(C(=O)NC2CC2)cc1)C(=O)CN1C(=O)c2ccccc2C1=O. The van der Waals surface area contributed by atoms with E-state index in [2.05, 4.69) is 5.32 Å². The number of amides is 4. The fraction of sp³-hybridized carbons (Fsp3) is 0.273. The zero-order valence-electron chi connectivity index (χ0n) is 16.1. The zero-order valence-corrected chi connectivity index (χ0v) is 16.1. The number of nitrogens with zero attached hydrogens (tertiary/aromatic N) is 2. The summed E-state index contributed by atoms with van der Waals surface area (Å²) in [6, 6.07) is 13.9. The molecule has 7 nitrogen and oxygen atoms in total. The zero-order chi connectivity index (χ0) is 20.5. The van der Waals surface area contributed by atoms with Gasteiger partial charge in [0.15, 0.2) is 0 Å². The smallest absolute Gasteiger partial charge is 0.262 e. The molecule has 1 aliphatic carbocycles. The molecular formula is C22H21N3O4. The summed E-state index contributed by atoms with van der Waals surface area (Å²) in [7, 11) is 1.62. The van der Waals surface area contributed by atoms with Crippen LogP contribution in [0.2, 0.25) is 0 Å². The minimum absolute atomic E-state index is 0.0888. The monoisotopic (exact) mass is 391 g/mol. The van der Waals surface area contributed by atoms with E-state index >= 15 is 0 Å². The second kappa shape index (κ2) is 7.50. The van der Waals surface area contributed by atoms with Gasteiger partial charge in [-0.15, -0.1) is 0 Å². The number of imide groups is 1. The first-order valence-corrected chi connectivity index (χ1v) is 9.53. The molecule has 0 radical (unpaired) electrons. The number of carbonyl (C=O) groups is 4. The van der Waals surface area contributed by atoms with Gasteiger partial charge in [-0.2, -0.15) is 0 Å². The number of fused-ring (bicyclic) bond motifs is 1. The highest BCUT2D eigenvalue weighted by molar-refractivity contribution is 6.22. The number of nitrogens with one attached hydrogen (secondary N) is 1. The number of hydrogen-bond acceptors (Lipinski definition) is 4. The Bertz CT molecular complexity index is 960. The van der Waals surface area contributed by atoms with Crippen molar-refractivity contribution in [2.24, 2.45) is 0 Å². The van der Waals surface area contributed by atoms with E-state index in [4.69, 9.17) is 0 Å². The van der Waals surface area contributed by atoms with Gasteiger partial charge in [-0.3, -0.25) is 24.1 Å². The van der Waals surface area contributed by atoms with Crippen molar-refractivity contribution in [1.82, 2.24) is 15.1 Å². The van der Waals surface area contributed by atoms with Crippen LogP contribution >= 0.6 is 0 Å². The summed E-state index contributed by atoms with van der Waals surface area (Å²) < 4.78 is 0. The van der Waals surface area contributed by atoms with Gasteiger partial charge in [-0.05, 0) is 42.7 Å². The molecule has 0 saturated heterocycles. The van der Waals surface area contributed by atoms with Crippen LogP contribution in [0.5, 0.6) is 0 Å². The van der Waals surface area contributed by atoms with Gasteiger partial charge in [0.05, 0.1) is 11.1 Å². The molecule has 2 aliphatic rings. The summed E-state index contributed by atoms with van der Waals surface area (Å²) in [6.45, 7) is 0.0112. The molecule has 4 rings (SSSR count). The summed E-state index contributed by atoms with van der Waals surface area (Å²) in [4.78, 5) is 51.9. The van der Waals surface area contributed by atoms with Gasteiger partial charge in [0, 0.05) is 25.2 Å². The number of likely N-dealkylation sites (N-methyl/N-ethyl adjacent to an activating group) is 1. The Hall–Kier alpha value is -3.48. The fourth-order valence-corrected chi connectivity index (χ4v) is 3.26. The molecular weight excluding hydrogens is 370 g/mol. The van der Waals surface area contributed by atoms with E-state index in [9.17, 15) is 19.2 Å². The largest absolute Gasteiger partial charge is 0.349 e. The second-order valence-corrected chi connectivity index (χ2v) is 7.44. The van der Waals surface area contributed by atoms with E-state index < -0.39 is 11.8 Å². The van der Waals surface area contributed by atoms with Crippen molar-refractivity contribution in [2.75, 3.05) is 13.6 Å². The topological polar surface area (TPSA) is 86.8 Å². The Morgan fingerprint density at radius 2 is 1.59 bits per heavy atom. The van der Waals surface area contributed by atoms with Crippen LogP contribution in [0.15, 0.2) is 48.5 Å². The summed E-state index contributed by atoms with van der Waals surface area (Å²) >= 11 is 0. The lowest BCUT2D eigenvalue weighted by molar-refractivity contribution is -0.130. The molecule has 1 saturated carbocycles. The first-order chi connectivity index (χ1) is 13.9. The van der Waals surface area contributed by atoms with Gasteiger partial charge in [0.25, 0.3) is 17.7 Å². The highest BCUT2D eigenvalue weighted by atomic mass is 16.2. The number of rotatable bonds is 6. The number of carbonyl (C=O) groups excluding carboxylic acids is 4. The average Bonchev–Trinajstić information content (AvgIpc) is 3.51. The van der Waals surface area contributed by atoms with Crippen molar-refractivity contribution in [3.63, 3.8) is 0 Å². The van der Waals surface area contributed by atoms with Crippen molar-refractivity contribution >= 4 is 23.6 Å². The Morgan fingerprint density at radius 1 is 1.00 bits per heavy atom. The van der Waals surface area contributed by atoms with E-state index in [1.54, 1.807) is 55.6 Å². The van der Waals surface area contributed by atoms with Crippen LogP contribution in [0, 0.1) is 0 Å². The lowest BCUT2D eigenvalue weighted by Crippen LogP contribution is -2.40. The first-order valence-electron chi connectivity index (χ1n) is 9.53. The van der Waals surface area contributed by atoms with Gasteiger partial charge >= 0.3 is 0 Å². The van der Waals surface area contributed by atoms with Crippen LogP contribution in [0.4, 0.5) is 0 Å². The standard InChI is InChI=1S/C22H21N3O4/c1-24(12-14-6-8-15(9-7-14)20(27)23-16-10-11-16)19(26)13-25-21(28)17-4-2-3-5-18(17)22(25)29/h2-9,16H,10-13H2,1H3,(H,23,27). The van der Waals surface area contributed by atoms with Gasteiger partial charge in [-0.1, -0.05) is 24.3 Å². The lowest BCUT2D eigenvalue weighted by Gasteiger charge is -2.21. The van der Waals surface area contributed by atoms with E-state index in [1.165, 1.54) is 4.90 Å².